The van der Waals surface area contributed by atoms with Crippen molar-refractivity contribution >= 4 is 11.8 Å². The molecule has 0 radical (unpaired) electrons. The van der Waals surface area contributed by atoms with Gasteiger partial charge in [0, 0.05) is 25.6 Å². The Bertz CT molecular complexity index is 684. The molecular formula is C24H36N2O3. The predicted octanol–water partition coefficient (Wildman–Crippen LogP) is 4.30. The predicted molar refractivity (Wildman–Crippen MR) is 115 cm³/mol. The van der Waals surface area contributed by atoms with E-state index in [0.29, 0.717) is 19.2 Å². The first-order valence-electron chi connectivity index (χ1n) is 11.4. The van der Waals surface area contributed by atoms with E-state index in [-0.39, 0.29) is 23.7 Å². The molecule has 2 fully saturated rings. The Labute approximate surface area is 175 Å². The summed E-state index contributed by atoms with van der Waals surface area (Å²) >= 11 is 0. The lowest BCUT2D eigenvalue weighted by Gasteiger charge is -2.33. The molecule has 2 aliphatic rings. The van der Waals surface area contributed by atoms with Gasteiger partial charge < -0.3 is 15.0 Å². The number of likely N-dealkylation sites (tertiary alicyclic amines) is 1. The summed E-state index contributed by atoms with van der Waals surface area (Å²) in [4.78, 5) is 27.0. The molecule has 2 amide bonds. The molecule has 5 heteroatoms. The Morgan fingerprint density at radius 1 is 1.17 bits per heavy atom. The van der Waals surface area contributed by atoms with Crippen LogP contribution in [0.4, 0.5) is 0 Å². The van der Waals surface area contributed by atoms with Crippen LogP contribution >= 0.6 is 0 Å². The maximum atomic E-state index is 12.7. The highest BCUT2D eigenvalue weighted by atomic mass is 16.5. The second-order valence-electron chi connectivity index (χ2n) is 8.68. The molecule has 0 aromatic heterocycles. The molecule has 1 aromatic carbocycles. The van der Waals surface area contributed by atoms with Gasteiger partial charge in [-0.15, -0.1) is 0 Å². The molecule has 1 aliphatic carbocycles. The first-order valence-corrected chi connectivity index (χ1v) is 11.4. The number of carbonyl (C=O) groups excluding carboxylic acids is 2. The fraction of sp³-hybridized carbons (Fsp3) is 0.667. The average molecular weight is 401 g/mol. The van der Waals surface area contributed by atoms with Crippen LogP contribution in [0.3, 0.4) is 0 Å². The number of hydrogen-bond donors (Lipinski definition) is 1. The van der Waals surface area contributed by atoms with Gasteiger partial charge in [-0.2, -0.15) is 0 Å². The SMILES string of the molecule is CCC(C)C(=O)N1CCCC(C(=O)NCc2cccc(OC3CCCCC3)c2)C1. The summed E-state index contributed by atoms with van der Waals surface area (Å²) in [6, 6.07) is 8.05. The van der Waals surface area contributed by atoms with Gasteiger partial charge in [0.25, 0.3) is 0 Å². The van der Waals surface area contributed by atoms with E-state index in [1.165, 1.54) is 19.3 Å². The van der Waals surface area contributed by atoms with Crippen LogP contribution in [0.5, 0.6) is 5.75 Å². The van der Waals surface area contributed by atoms with E-state index in [9.17, 15) is 9.59 Å². The van der Waals surface area contributed by atoms with Crippen molar-refractivity contribution in [2.45, 2.75) is 77.9 Å². The first-order chi connectivity index (χ1) is 14.1. The smallest absolute Gasteiger partial charge is 0.225 e. The number of ether oxygens (including phenoxy) is 1. The Kier molecular flexibility index (Phi) is 7.96. The first kappa shape index (κ1) is 21.7. The fourth-order valence-corrected chi connectivity index (χ4v) is 4.32. The molecule has 0 spiro atoms. The fourth-order valence-electron chi connectivity index (χ4n) is 4.32. The molecule has 3 rings (SSSR count). The Balaban J connectivity index is 1.49. The van der Waals surface area contributed by atoms with Crippen LogP contribution in [0.25, 0.3) is 0 Å². The summed E-state index contributed by atoms with van der Waals surface area (Å²) in [5.41, 5.74) is 1.05. The van der Waals surface area contributed by atoms with Crippen molar-refractivity contribution in [2.24, 2.45) is 11.8 Å². The average Bonchev–Trinajstić information content (AvgIpc) is 2.77. The van der Waals surface area contributed by atoms with Gasteiger partial charge >= 0.3 is 0 Å². The number of benzene rings is 1. The van der Waals surface area contributed by atoms with Gasteiger partial charge in [0.15, 0.2) is 0 Å². The van der Waals surface area contributed by atoms with E-state index in [1.807, 2.05) is 43.0 Å². The van der Waals surface area contributed by atoms with E-state index in [1.54, 1.807) is 0 Å². The third-order valence-electron chi connectivity index (χ3n) is 6.36. The molecule has 1 N–H and O–H groups in total. The molecule has 2 unspecified atom stereocenters. The van der Waals surface area contributed by atoms with Gasteiger partial charge in [0.05, 0.1) is 12.0 Å². The highest BCUT2D eigenvalue weighted by Gasteiger charge is 2.29. The molecule has 1 saturated heterocycles. The number of nitrogens with one attached hydrogen (secondary N) is 1. The van der Waals surface area contributed by atoms with E-state index >= 15 is 0 Å². The van der Waals surface area contributed by atoms with E-state index in [2.05, 4.69) is 5.32 Å². The van der Waals surface area contributed by atoms with E-state index in [0.717, 1.165) is 50.0 Å². The summed E-state index contributed by atoms with van der Waals surface area (Å²) in [5, 5.41) is 3.07. The summed E-state index contributed by atoms with van der Waals surface area (Å²) in [6.45, 7) is 5.81. The Morgan fingerprint density at radius 2 is 1.97 bits per heavy atom. The topological polar surface area (TPSA) is 58.6 Å². The van der Waals surface area contributed by atoms with Crippen molar-refractivity contribution in [3.63, 3.8) is 0 Å². The molecular weight excluding hydrogens is 364 g/mol. The molecule has 160 valence electrons. The zero-order valence-corrected chi connectivity index (χ0v) is 18.0. The molecule has 1 aliphatic heterocycles. The minimum Gasteiger partial charge on any atom is -0.490 e. The molecule has 0 bridgehead atoms. The lowest BCUT2D eigenvalue weighted by Crippen LogP contribution is -2.46. The summed E-state index contributed by atoms with van der Waals surface area (Å²) in [5.74, 6) is 1.04. The minimum atomic E-state index is -0.113. The van der Waals surface area contributed by atoms with Crippen molar-refractivity contribution in [1.82, 2.24) is 10.2 Å². The van der Waals surface area contributed by atoms with Crippen molar-refractivity contribution < 1.29 is 14.3 Å². The second-order valence-corrected chi connectivity index (χ2v) is 8.68. The largest absolute Gasteiger partial charge is 0.490 e. The Morgan fingerprint density at radius 3 is 2.72 bits per heavy atom. The van der Waals surface area contributed by atoms with Gasteiger partial charge in [0.1, 0.15) is 5.75 Å². The second kappa shape index (κ2) is 10.7. The van der Waals surface area contributed by atoms with Gasteiger partial charge in [0.2, 0.25) is 11.8 Å². The maximum absolute atomic E-state index is 12.7. The van der Waals surface area contributed by atoms with Crippen LogP contribution in [-0.4, -0.2) is 35.9 Å². The van der Waals surface area contributed by atoms with Gasteiger partial charge in [-0.1, -0.05) is 32.4 Å². The quantitative estimate of drug-likeness (QED) is 0.742. The number of amides is 2. The van der Waals surface area contributed by atoms with Crippen molar-refractivity contribution in [3.05, 3.63) is 29.8 Å². The van der Waals surface area contributed by atoms with E-state index in [4.69, 9.17) is 4.74 Å². The van der Waals surface area contributed by atoms with Gasteiger partial charge in [-0.3, -0.25) is 9.59 Å². The molecule has 2 atom stereocenters. The monoisotopic (exact) mass is 400 g/mol. The molecule has 5 nitrogen and oxygen atoms in total. The van der Waals surface area contributed by atoms with E-state index < -0.39 is 0 Å². The molecule has 1 saturated carbocycles. The summed E-state index contributed by atoms with van der Waals surface area (Å²) in [6.07, 6.45) is 8.98. The lowest BCUT2D eigenvalue weighted by atomic mass is 9.95. The van der Waals surface area contributed by atoms with Gasteiger partial charge in [-0.05, 0) is 62.6 Å². The number of nitrogens with zero attached hydrogens (tertiary/aromatic N) is 1. The normalized spacial score (nSPS) is 21.4. The van der Waals surface area contributed by atoms with Crippen LogP contribution in [0.2, 0.25) is 0 Å². The number of piperidine rings is 1. The zero-order chi connectivity index (χ0) is 20.6. The third-order valence-corrected chi connectivity index (χ3v) is 6.36. The highest BCUT2D eigenvalue weighted by Crippen LogP contribution is 2.24. The van der Waals surface area contributed by atoms with Gasteiger partial charge in [-0.25, -0.2) is 0 Å². The number of hydrogen-bond acceptors (Lipinski definition) is 3. The standard InChI is InChI=1S/C24H36N2O3/c1-3-18(2)24(28)26-14-8-10-20(17-26)23(27)25-16-19-9-7-13-22(15-19)29-21-11-5-4-6-12-21/h7,9,13,15,18,20-21H,3-6,8,10-12,14,16-17H2,1-2H3,(H,25,27). The van der Waals surface area contributed by atoms with Crippen LogP contribution < -0.4 is 10.1 Å². The molecule has 1 heterocycles. The van der Waals surface area contributed by atoms with Crippen LogP contribution in [-0.2, 0) is 16.1 Å². The van der Waals surface area contributed by atoms with Crippen LogP contribution in [0.15, 0.2) is 24.3 Å². The molecule has 29 heavy (non-hydrogen) atoms. The highest BCUT2D eigenvalue weighted by molar-refractivity contribution is 5.82. The third kappa shape index (κ3) is 6.22. The minimum absolute atomic E-state index is 0.0312. The summed E-state index contributed by atoms with van der Waals surface area (Å²) < 4.78 is 6.14. The Hall–Kier alpha value is -2.04. The lowest BCUT2D eigenvalue weighted by molar-refractivity contribution is -0.139. The number of rotatable bonds is 7. The maximum Gasteiger partial charge on any atom is 0.225 e. The summed E-state index contributed by atoms with van der Waals surface area (Å²) in [7, 11) is 0. The van der Waals surface area contributed by atoms with Crippen molar-refractivity contribution in [1.29, 1.82) is 0 Å². The van der Waals surface area contributed by atoms with Crippen molar-refractivity contribution in [3.8, 4) is 5.75 Å². The molecule has 1 aromatic rings. The van der Waals surface area contributed by atoms with Crippen LogP contribution in [0, 0.1) is 11.8 Å². The zero-order valence-electron chi connectivity index (χ0n) is 18.0. The van der Waals surface area contributed by atoms with Crippen LogP contribution in [0.1, 0.15) is 70.8 Å². The number of carbonyl (C=O) groups is 2. The van der Waals surface area contributed by atoms with Crippen molar-refractivity contribution in [2.75, 3.05) is 13.1 Å².